The van der Waals surface area contributed by atoms with E-state index in [9.17, 15) is 0 Å². The van der Waals surface area contributed by atoms with E-state index in [4.69, 9.17) is 0 Å². The third-order valence-electron chi connectivity index (χ3n) is 14.7. The molecule has 5 aliphatic carbocycles. The minimum absolute atomic E-state index is 0.650. The van der Waals surface area contributed by atoms with Gasteiger partial charge < -0.3 is 4.90 Å². The molecule has 5 aliphatic rings. The van der Waals surface area contributed by atoms with E-state index in [1.54, 1.807) is 0 Å². The molecule has 0 saturated heterocycles. The summed E-state index contributed by atoms with van der Waals surface area (Å²) in [6.07, 6.45) is 17.9. The topological polar surface area (TPSA) is 3.24 Å². The van der Waals surface area contributed by atoms with Crippen LogP contribution < -0.4 is 4.90 Å². The maximum Gasteiger partial charge on any atom is 0.0803 e. The van der Waals surface area contributed by atoms with Gasteiger partial charge in [-0.25, -0.2) is 0 Å². The minimum atomic E-state index is -0.650. The predicted molar refractivity (Wildman–Crippen MR) is 273 cm³/mol. The van der Waals surface area contributed by atoms with Gasteiger partial charge in [-0.15, -0.1) is 0 Å². The number of hydrogen-bond acceptors (Lipinski definition) is 1. The number of aryl methyl sites for hydroxylation is 1. The zero-order valence-corrected chi connectivity index (χ0v) is 36.5. The summed E-state index contributed by atoms with van der Waals surface area (Å²) >= 11 is 0. The van der Waals surface area contributed by atoms with Crippen molar-refractivity contribution in [2.75, 3.05) is 4.90 Å². The Morgan fingerprint density at radius 1 is 0.431 bits per heavy atom. The summed E-state index contributed by atoms with van der Waals surface area (Å²) < 4.78 is 0. The number of nitrogens with zero attached hydrogens (tertiary/aromatic N) is 1. The third kappa shape index (κ3) is 5.52. The Balaban J connectivity index is 1.14. The number of anilines is 2. The maximum absolute atomic E-state index is 2.66. The zero-order chi connectivity index (χ0) is 43.2. The maximum atomic E-state index is 2.66. The molecule has 0 amide bonds. The Morgan fingerprint density at radius 2 is 1.02 bits per heavy atom. The molecule has 0 bridgehead atoms. The van der Waals surface area contributed by atoms with Crippen molar-refractivity contribution in [1.82, 2.24) is 0 Å². The van der Waals surface area contributed by atoms with Crippen LogP contribution in [0, 0.1) is 19.3 Å². The molecule has 0 radical (unpaired) electrons. The predicted octanol–water partition coefficient (Wildman–Crippen LogP) is 16.4. The van der Waals surface area contributed by atoms with Crippen LogP contribution in [0.15, 0.2) is 229 Å². The Morgan fingerprint density at radius 3 is 1.77 bits per heavy atom. The van der Waals surface area contributed by atoms with E-state index >= 15 is 0 Å². The molecule has 1 unspecified atom stereocenters. The number of hydrogen-bond donors (Lipinski definition) is 0. The molecule has 0 N–H and O–H groups in total. The summed E-state index contributed by atoms with van der Waals surface area (Å²) in [6, 6.07) is 67.4. The molecule has 0 aromatic heterocycles. The summed E-state index contributed by atoms with van der Waals surface area (Å²) in [5, 5.41) is 0. The van der Waals surface area contributed by atoms with Crippen molar-refractivity contribution < 1.29 is 0 Å². The largest absolute Gasteiger partial charge is 0.311 e. The molecule has 1 atom stereocenters. The first-order valence-corrected chi connectivity index (χ1v) is 22.9. The summed E-state index contributed by atoms with van der Waals surface area (Å²) in [6.45, 7) is 4.61. The highest BCUT2D eigenvalue weighted by Crippen LogP contribution is 2.64. The average molecular weight is 828 g/mol. The normalized spacial score (nSPS) is 16.9. The van der Waals surface area contributed by atoms with Crippen molar-refractivity contribution in [3.63, 3.8) is 0 Å². The minimum Gasteiger partial charge on any atom is -0.311 e. The Labute approximate surface area is 381 Å². The molecule has 1 heteroatoms. The molecule has 0 heterocycles. The van der Waals surface area contributed by atoms with E-state index in [1.807, 2.05) is 0 Å². The van der Waals surface area contributed by atoms with Gasteiger partial charge in [-0.2, -0.15) is 0 Å². The van der Waals surface area contributed by atoms with Crippen molar-refractivity contribution in [3.8, 4) is 44.5 Å². The first-order chi connectivity index (χ1) is 32.1. The lowest BCUT2D eigenvalue weighted by atomic mass is 9.63. The van der Waals surface area contributed by atoms with Gasteiger partial charge in [-0.1, -0.05) is 194 Å². The fourth-order valence-corrected chi connectivity index (χ4v) is 11.6. The van der Waals surface area contributed by atoms with Crippen molar-refractivity contribution >= 4 is 34.7 Å². The van der Waals surface area contributed by atoms with E-state index < -0.39 is 5.41 Å². The van der Waals surface area contributed by atoms with Crippen LogP contribution in [-0.2, 0) is 6.42 Å². The van der Waals surface area contributed by atoms with Crippen molar-refractivity contribution in [2.45, 2.75) is 20.3 Å². The van der Waals surface area contributed by atoms with Gasteiger partial charge in [0.2, 0.25) is 0 Å². The highest BCUT2D eigenvalue weighted by atomic mass is 15.2. The second kappa shape index (κ2) is 14.5. The fraction of sp³-hybridized carbons (Fsp3) is 0.0625. The van der Waals surface area contributed by atoms with Gasteiger partial charge in [0.25, 0.3) is 0 Å². The zero-order valence-electron chi connectivity index (χ0n) is 36.5. The van der Waals surface area contributed by atoms with E-state index in [0.717, 1.165) is 12.1 Å². The second-order valence-corrected chi connectivity index (χ2v) is 18.0. The molecule has 8 aromatic carbocycles. The Kier molecular flexibility index (Phi) is 8.39. The van der Waals surface area contributed by atoms with Crippen LogP contribution in [0.25, 0.3) is 67.8 Å². The summed E-state index contributed by atoms with van der Waals surface area (Å²) in [5.74, 6) is 0. The number of para-hydroxylation sites is 1. The highest BCUT2D eigenvalue weighted by Gasteiger charge is 2.51. The summed E-state index contributed by atoms with van der Waals surface area (Å²) in [4.78, 5) is 2.66. The van der Waals surface area contributed by atoms with Crippen LogP contribution in [0.3, 0.4) is 0 Å². The van der Waals surface area contributed by atoms with Crippen LogP contribution in [-0.4, -0.2) is 0 Å². The van der Waals surface area contributed by atoms with Gasteiger partial charge in [0, 0.05) is 16.8 Å². The molecule has 13 rings (SSSR count). The van der Waals surface area contributed by atoms with E-state index in [-0.39, 0.29) is 0 Å². The number of fused-ring (bicyclic) bond motifs is 11. The average Bonchev–Trinajstić information content (AvgIpc) is 4.07. The molecule has 8 aromatic rings. The lowest BCUT2D eigenvalue weighted by Gasteiger charge is -2.47. The summed E-state index contributed by atoms with van der Waals surface area (Å²) in [5.41, 5.74) is 28.5. The van der Waals surface area contributed by atoms with Gasteiger partial charge in [0.1, 0.15) is 0 Å². The van der Waals surface area contributed by atoms with Gasteiger partial charge >= 0.3 is 0 Å². The quantitative estimate of drug-likeness (QED) is 0.161. The van der Waals surface area contributed by atoms with E-state index in [0.29, 0.717) is 0 Å². The Hall–Kier alpha value is -8.00. The second-order valence-electron chi connectivity index (χ2n) is 18.0. The van der Waals surface area contributed by atoms with Gasteiger partial charge in [0.05, 0.1) is 16.8 Å². The van der Waals surface area contributed by atoms with Gasteiger partial charge in [-0.05, 0) is 151 Å². The van der Waals surface area contributed by atoms with E-state index in [2.05, 4.69) is 243 Å². The van der Waals surface area contributed by atoms with Gasteiger partial charge in [0.15, 0.2) is 0 Å². The highest BCUT2D eigenvalue weighted by molar-refractivity contribution is 6.08. The number of allylic oxidation sites excluding steroid dienone is 7. The first-order valence-electron chi connectivity index (χ1n) is 22.9. The lowest BCUT2D eigenvalue weighted by Crippen LogP contribution is -2.37. The standard InChI is InChI=1S/C64H45N/c1-41-33-35-61(63(42(41)2)56-30-16-29-52-48-24-9-6-20-44(48)38-57(52)56)65(60-32-15-14-28-55(60)51-27-13-12-23-47(51)43-18-4-3-5-19-43)62-36-34-54-50-26-11-8-22-46(50)40-59(54)64(62)37-17-31-53-49-25-10-7-21-45(49)39-58(53)64/h3-37,39-40H,38H2,1-2H3. The number of rotatable bonds is 6. The van der Waals surface area contributed by atoms with Crippen molar-refractivity contribution in [1.29, 1.82) is 0 Å². The third-order valence-corrected chi connectivity index (χ3v) is 14.7. The molecule has 65 heavy (non-hydrogen) atoms. The number of benzene rings is 8. The molecular weight excluding hydrogens is 783 g/mol. The molecule has 1 spiro atoms. The monoisotopic (exact) mass is 827 g/mol. The molecule has 0 saturated carbocycles. The van der Waals surface area contributed by atoms with Crippen molar-refractivity contribution in [3.05, 3.63) is 274 Å². The SMILES string of the molecule is Cc1ccc(N(C2=CC=C3C(=Cc4ccccc43)C23C=CC=C2C3=Cc3ccccc32)c2ccccc2-c2ccccc2-c2ccccc2)c(-c2cccc3c2Cc2ccccc2-3)c1C. The van der Waals surface area contributed by atoms with Crippen LogP contribution >= 0.6 is 0 Å². The van der Waals surface area contributed by atoms with Crippen LogP contribution in [0.4, 0.5) is 11.4 Å². The van der Waals surface area contributed by atoms with Crippen molar-refractivity contribution in [2.24, 2.45) is 5.41 Å². The van der Waals surface area contributed by atoms with Crippen LogP contribution in [0.2, 0.25) is 0 Å². The van der Waals surface area contributed by atoms with Gasteiger partial charge in [-0.3, -0.25) is 0 Å². The smallest absolute Gasteiger partial charge is 0.0803 e. The molecule has 0 fully saturated rings. The summed E-state index contributed by atoms with van der Waals surface area (Å²) in [7, 11) is 0. The lowest BCUT2D eigenvalue weighted by molar-refractivity contribution is 0.677. The molecule has 1 nitrogen and oxygen atoms in total. The molecule has 306 valence electrons. The van der Waals surface area contributed by atoms with Crippen LogP contribution in [0.5, 0.6) is 0 Å². The van der Waals surface area contributed by atoms with E-state index in [1.165, 1.54) is 123 Å². The fourth-order valence-electron chi connectivity index (χ4n) is 11.6. The van der Waals surface area contributed by atoms with Crippen LogP contribution in [0.1, 0.15) is 44.5 Å². The Bertz CT molecular complexity index is 3510. The molecular formula is C64H45N. The molecule has 0 aliphatic heterocycles. The first kappa shape index (κ1) is 37.5.